The first kappa shape index (κ1) is 16.6. The maximum absolute atomic E-state index is 5.72. The highest BCUT2D eigenvalue weighted by molar-refractivity contribution is 5.94. The first-order valence-corrected chi connectivity index (χ1v) is 9.40. The average Bonchev–Trinajstić information content (AvgIpc) is 3.18. The number of aromatic nitrogens is 4. The molecule has 1 aliphatic rings. The van der Waals surface area contributed by atoms with Crippen LogP contribution in [0, 0.1) is 0 Å². The number of rotatable bonds is 4. The summed E-state index contributed by atoms with van der Waals surface area (Å²) < 4.78 is 5.72. The van der Waals surface area contributed by atoms with Crippen molar-refractivity contribution < 1.29 is 4.74 Å². The molecule has 0 N–H and O–H groups in total. The van der Waals surface area contributed by atoms with Crippen LogP contribution in [0.5, 0.6) is 5.75 Å². The van der Waals surface area contributed by atoms with E-state index in [0.717, 1.165) is 46.8 Å². The van der Waals surface area contributed by atoms with Gasteiger partial charge in [-0.25, -0.2) is 15.0 Å². The highest BCUT2D eigenvalue weighted by Gasteiger charge is 2.25. The van der Waals surface area contributed by atoms with Gasteiger partial charge in [0.1, 0.15) is 17.4 Å². The number of pyridine rings is 2. The van der Waals surface area contributed by atoms with Crippen LogP contribution in [0.4, 0.5) is 11.6 Å². The third kappa shape index (κ3) is 2.83. The SMILES string of the molecule is CCOc1ccc2nc(-c3cccnc3)nc(N3CCc4cccnc43)c2c1. The van der Waals surface area contributed by atoms with Crippen LogP contribution in [0.3, 0.4) is 0 Å². The Morgan fingerprint density at radius 2 is 1.96 bits per heavy atom. The first-order chi connectivity index (χ1) is 13.8. The Morgan fingerprint density at radius 3 is 2.82 bits per heavy atom. The van der Waals surface area contributed by atoms with E-state index in [2.05, 4.69) is 20.9 Å². The second-order valence-electron chi connectivity index (χ2n) is 6.61. The Hall–Kier alpha value is -3.54. The van der Waals surface area contributed by atoms with Gasteiger partial charge in [0.15, 0.2) is 5.82 Å². The lowest BCUT2D eigenvalue weighted by molar-refractivity contribution is 0.340. The predicted molar refractivity (Wildman–Crippen MR) is 109 cm³/mol. The Kier molecular flexibility index (Phi) is 4.09. The highest BCUT2D eigenvalue weighted by Crippen LogP contribution is 2.37. The second-order valence-corrected chi connectivity index (χ2v) is 6.61. The van der Waals surface area contributed by atoms with Gasteiger partial charge >= 0.3 is 0 Å². The molecule has 138 valence electrons. The molecule has 0 saturated carbocycles. The molecule has 0 radical (unpaired) electrons. The van der Waals surface area contributed by atoms with Crippen LogP contribution in [0.1, 0.15) is 12.5 Å². The smallest absolute Gasteiger partial charge is 0.163 e. The van der Waals surface area contributed by atoms with Gasteiger partial charge in [0.05, 0.1) is 12.1 Å². The van der Waals surface area contributed by atoms with Gasteiger partial charge in [0, 0.05) is 36.1 Å². The lowest BCUT2D eigenvalue weighted by atomic mass is 10.2. The molecular formula is C22H19N5O. The second kappa shape index (κ2) is 6.88. The van der Waals surface area contributed by atoms with E-state index in [1.54, 1.807) is 12.4 Å². The Bertz CT molecular complexity index is 1150. The molecule has 0 atom stereocenters. The summed E-state index contributed by atoms with van der Waals surface area (Å²) >= 11 is 0. The fraction of sp³-hybridized carbons (Fsp3) is 0.182. The number of hydrogen-bond acceptors (Lipinski definition) is 6. The van der Waals surface area contributed by atoms with Gasteiger partial charge in [0.25, 0.3) is 0 Å². The maximum atomic E-state index is 5.72. The van der Waals surface area contributed by atoms with E-state index in [4.69, 9.17) is 14.7 Å². The monoisotopic (exact) mass is 369 g/mol. The number of hydrogen-bond donors (Lipinski definition) is 0. The lowest BCUT2D eigenvalue weighted by Crippen LogP contribution is -2.17. The number of nitrogens with zero attached hydrogens (tertiary/aromatic N) is 5. The van der Waals surface area contributed by atoms with Crippen LogP contribution in [0.2, 0.25) is 0 Å². The van der Waals surface area contributed by atoms with E-state index in [1.165, 1.54) is 5.56 Å². The number of fused-ring (bicyclic) bond motifs is 2. The van der Waals surface area contributed by atoms with Crippen LogP contribution in [0.25, 0.3) is 22.3 Å². The molecule has 0 amide bonds. The van der Waals surface area contributed by atoms with Crippen LogP contribution in [0.15, 0.2) is 61.1 Å². The van der Waals surface area contributed by atoms with Crippen molar-refractivity contribution in [2.75, 3.05) is 18.1 Å². The maximum Gasteiger partial charge on any atom is 0.163 e. The largest absolute Gasteiger partial charge is 0.494 e. The zero-order chi connectivity index (χ0) is 18.9. The molecule has 3 aromatic heterocycles. The zero-order valence-electron chi connectivity index (χ0n) is 15.5. The molecule has 6 nitrogen and oxygen atoms in total. The van der Waals surface area contributed by atoms with Crippen molar-refractivity contribution in [2.45, 2.75) is 13.3 Å². The first-order valence-electron chi connectivity index (χ1n) is 9.40. The molecule has 0 saturated heterocycles. The van der Waals surface area contributed by atoms with Crippen molar-refractivity contribution in [1.82, 2.24) is 19.9 Å². The molecular weight excluding hydrogens is 350 g/mol. The average molecular weight is 369 g/mol. The molecule has 0 fully saturated rings. The van der Waals surface area contributed by atoms with Crippen molar-refractivity contribution in [2.24, 2.45) is 0 Å². The van der Waals surface area contributed by atoms with Crippen LogP contribution >= 0.6 is 0 Å². The van der Waals surface area contributed by atoms with Gasteiger partial charge in [-0.15, -0.1) is 0 Å². The number of ether oxygens (including phenoxy) is 1. The van der Waals surface area contributed by atoms with E-state index in [0.29, 0.717) is 12.4 Å². The molecule has 0 aliphatic carbocycles. The molecule has 4 aromatic rings. The van der Waals surface area contributed by atoms with Gasteiger partial charge in [-0.3, -0.25) is 4.98 Å². The minimum Gasteiger partial charge on any atom is -0.494 e. The minimum absolute atomic E-state index is 0.615. The van der Waals surface area contributed by atoms with Gasteiger partial charge < -0.3 is 9.64 Å². The normalized spacial score (nSPS) is 13.0. The van der Waals surface area contributed by atoms with E-state index in [9.17, 15) is 0 Å². The molecule has 28 heavy (non-hydrogen) atoms. The standard InChI is InChI=1S/C22H19N5O/c1-2-28-17-7-8-19-18(13-17)22(26-20(25-19)16-6-3-10-23-14-16)27-12-9-15-5-4-11-24-21(15)27/h3-8,10-11,13-14H,2,9,12H2,1H3. The topological polar surface area (TPSA) is 64.0 Å². The van der Waals surface area contributed by atoms with Crippen molar-refractivity contribution in [3.8, 4) is 17.1 Å². The summed E-state index contributed by atoms with van der Waals surface area (Å²) in [5, 5.41) is 0.956. The van der Waals surface area contributed by atoms with Crippen molar-refractivity contribution in [1.29, 1.82) is 0 Å². The molecule has 0 spiro atoms. The van der Waals surface area contributed by atoms with Crippen LogP contribution in [-0.2, 0) is 6.42 Å². The van der Waals surface area contributed by atoms with Gasteiger partial charge in [-0.2, -0.15) is 0 Å². The fourth-order valence-electron chi connectivity index (χ4n) is 3.59. The molecule has 1 aromatic carbocycles. The van der Waals surface area contributed by atoms with Crippen molar-refractivity contribution >= 4 is 22.5 Å². The highest BCUT2D eigenvalue weighted by atomic mass is 16.5. The van der Waals surface area contributed by atoms with Crippen LogP contribution in [-0.4, -0.2) is 33.1 Å². The fourth-order valence-corrected chi connectivity index (χ4v) is 3.59. The Labute approximate surface area is 162 Å². The molecule has 1 aliphatic heterocycles. The molecule has 0 unspecified atom stereocenters. The summed E-state index contributed by atoms with van der Waals surface area (Å²) in [6.07, 6.45) is 6.31. The van der Waals surface area contributed by atoms with Crippen molar-refractivity contribution in [3.05, 3.63) is 66.6 Å². The van der Waals surface area contributed by atoms with E-state index in [-0.39, 0.29) is 0 Å². The third-order valence-electron chi connectivity index (χ3n) is 4.86. The number of benzene rings is 1. The Morgan fingerprint density at radius 1 is 1.04 bits per heavy atom. The molecule has 0 bridgehead atoms. The van der Waals surface area contributed by atoms with Gasteiger partial charge in [-0.1, -0.05) is 6.07 Å². The lowest BCUT2D eigenvalue weighted by Gasteiger charge is -2.20. The van der Waals surface area contributed by atoms with Crippen LogP contribution < -0.4 is 9.64 Å². The summed E-state index contributed by atoms with van der Waals surface area (Å²) in [5.41, 5.74) is 3.00. The van der Waals surface area contributed by atoms with E-state index < -0.39 is 0 Å². The van der Waals surface area contributed by atoms with E-state index >= 15 is 0 Å². The predicted octanol–water partition coefficient (Wildman–Crippen LogP) is 4.18. The summed E-state index contributed by atoms with van der Waals surface area (Å²) in [6, 6.07) is 13.9. The van der Waals surface area contributed by atoms with E-state index in [1.807, 2.05) is 49.5 Å². The van der Waals surface area contributed by atoms with Crippen molar-refractivity contribution in [3.63, 3.8) is 0 Å². The summed E-state index contributed by atoms with van der Waals surface area (Å²) in [5.74, 6) is 3.28. The zero-order valence-corrected chi connectivity index (χ0v) is 15.5. The summed E-state index contributed by atoms with van der Waals surface area (Å²) in [6.45, 7) is 3.43. The molecule has 5 rings (SSSR count). The van der Waals surface area contributed by atoms with Gasteiger partial charge in [-0.05, 0) is 55.3 Å². The molecule has 6 heteroatoms. The third-order valence-corrected chi connectivity index (χ3v) is 4.86. The summed E-state index contributed by atoms with van der Waals surface area (Å²) in [7, 11) is 0. The summed E-state index contributed by atoms with van der Waals surface area (Å²) in [4.78, 5) is 20.7. The minimum atomic E-state index is 0.615. The number of anilines is 2. The Balaban J connectivity index is 1.74. The molecule has 4 heterocycles. The van der Waals surface area contributed by atoms with Gasteiger partial charge in [0.2, 0.25) is 0 Å². The quantitative estimate of drug-likeness (QED) is 0.538.